The number of rotatable bonds is 2. The largest absolute Gasteiger partial charge is 0.412 e. The van der Waals surface area contributed by atoms with Gasteiger partial charge in [0.15, 0.2) is 0 Å². The lowest BCUT2D eigenvalue weighted by atomic mass is 10.0. The monoisotopic (exact) mass is 253 g/mol. The van der Waals surface area contributed by atoms with E-state index in [-0.39, 0.29) is 18.2 Å². The van der Waals surface area contributed by atoms with E-state index in [1.165, 1.54) is 0 Å². The number of amides is 1. The summed E-state index contributed by atoms with van der Waals surface area (Å²) in [5, 5.41) is 0.730. The summed E-state index contributed by atoms with van der Waals surface area (Å²) in [6, 6.07) is 0. The first-order chi connectivity index (χ1) is 6.64. The van der Waals surface area contributed by atoms with Crippen molar-refractivity contribution in [3.05, 3.63) is 0 Å². The molecule has 2 nitrogen and oxygen atoms in total. The Bertz CT molecular complexity index is 239. The molecule has 1 aliphatic heterocycles. The number of hydrogen-bond donors (Lipinski definition) is 1. The van der Waals surface area contributed by atoms with Crippen LogP contribution in [0.2, 0.25) is 0 Å². The van der Waals surface area contributed by atoms with Gasteiger partial charge in [-0.1, -0.05) is 0 Å². The number of carbonyl (C=O) groups excluding carboxylic acids is 1. The normalized spacial score (nSPS) is 25.6. The average Bonchev–Trinajstić information content (AvgIpc) is 1.89. The van der Waals surface area contributed by atoms with E-state index in [1.807, 2.05) is 5.32 Å². The van der Waals surface area contributed by atoms with Gasteiger partial charge in [0.1, 0.15) is 0 Å². The third-order valence-electron chi connectivity index (χ3n) is 1.99. The molecule has 0 aromatic heterocycles. The Hall–Kier alpha value is -0.600. The highest BCUT2D eigenvalue weighted by Gasteiger charge is 2.76. The quantitative estimate of drug-likeness (QED) is 0.603. The molecule has 0 aromatic rings. The molecular formula is C6H5F6NOS. The fourth-order valence-electron chi connectivity index (χ4n) is 1.19. The maximum Gasteiger partial charge on any atom is 0.412 e. The summed E-state index contributed by atoms with van der Waals surface area (Å²) in [6.07, 6.45) is -11.8. The summed E-state index contributed by atoms with van der Waals surface area (Å²) in [7, 11) is 0. The topological polar surface area (TPSA) is 29.1 Å². The number of alkyl halides is 6. The molecule has 9 heteroatoms. The van der Waals surface area contributed by atoms with Crippen molar-refractivity contribution < 1.29 is 31.1 Å². The predicted octanol–water partition coefficient (Wildman–Crippen LogP) is 2.06. The second-order valence-corrected chi connectivity index (χ2v) is 4.42. The lowest BCUT2D eigenvalue weighted by molar-refractivity contribution is -0.271. The highest BCUT2D eigenvalue weighted by molar-refractivity contribution is 8.02. The van der Waals surface area contributed by atoms with Crippen LogP contribution in [0.5, 0.6) is 0 Å². The van der Waals surface area contributed by atoms with Gasteiger partial charge in [-0.25, -0.2) is 0 Å². The zero-order valence-electron chi connectivity index (χ0n) is 6.95. The van der Waals surface area contributed by atoms with Gasteiger partial charge in [-0.3, -0.25) is 4.79 Å². The van der Waals surface area contributed by atoms with Crippen LogP contribution >= 0.6 is 11.8 Å². The molecule has 15 heavy (non-hydrogen) atoms. The zero-order valence-corrected chi connectivity index (χ0v) is 7.76. The van der Waals surface area contributed by atoms with E-state index in [2.05, 4.69) is 0 Å². The van der Waals surface area contributed by atoms with E-state index in [4.69, 9.17) is 0 Å². The maximum absolute atomic E-state index is 12.2. The maximum atomic E-state index is 12.2. The van der Waals surface area contributed by atoms with Gasteiger partial charge in [0.05, 0.1) is 5.37 Å². The molecule has 1 N–H and O–H groups in total. The van der Waals surface area contributed by atoms with Crippen LogP contribution < -0.4 is 5.32 Å². The van der Waals surface area contributed by atoms with Gasteiger partial charge in [-0.15, -0.1) is 11.8 Å². The van der Waals surface area contributed by atoms with Crippen molar-refractivity contribution in [1.29, 1.82) is 0 Å². The second-order valence-electron chi connectivity index (χ2n) is 2.92. The van der Waals surface area contributed by atoms with E-state index in [1.54, 1.807) is 0 Å². The highest BCUT2D eigenvalue weighted by atomic mass is 32.2. The van der Waals surface area contributed by atoms with Crippen molar-refractivity contribution in [2.75, 3.05) is 0 Å². The molecule has 0 spiro atoms. The molecule has 0 radical (unpaired) electrons. The smallest absolute Gasteiger partial charge is 0.347 e. The van der Waals surface area contributed by atoms with E-state index in [0.29, 0.717) is 0 Å². The van der Waals surface area contributed by atoms with Crippen LogP contribution in [-0.2, 0) is 4.79 Å². The standard InChI is InChI=1S/C6H5F6NOS/c7-5(8,9)4(6(10,11)12)1-3(15-4)13-2-14/h2-3H,1H2,(H,13,14). The van der Waals surface area contributed by atoms with Crippen LogP contribution in [0.1, 0.15) is 6.42 Å². The Morgan fingerprint density at radius 1 is 1.20 bits per heavy atom. The molecule has 1 aliphatic rings. The van der Waals surface area contributed by atoms with Crippen molar-refractivity contribution in [3.63, 3.8) is 0 Å². The molecule has 1 unspecified atom stereocenters. The minimum atomic E-state index is -5.36. The molecule has 1 rings (SSSR count). The first-order valence-corrected chi connectivity index (χ1v) is 4.53. The van der Waals surface area contributed by atoms with Crippen LogP contribution in [0.3, 0.4) is 0 Å². The summed E-state index contributed by atoms with van der Waals surface area (Å²) in [5.74, 6) is 0. The Morgan fingerprint density at radius 2 is 1.60 bits per heavy atom. The molecule has 1 fully saturated rings. The molecular weight excluding hydrogens is 248 g/mol. The van der Waals surface area contributed by atoms with Crippen LogP contribution in [0, 0.1) is 0 Å². The van der Waals surface area contributed by atoms with E-state index in [9.17, 15) is 31.1 Å². The summed E-state index contributed by atoms with van der Waals surface area (Å²) in [5.41, 5.74) is 0. The highest BCUT2D eigenvalue weighted by Crippen LogP contribution is 2.62. The first-order valence-electron chi connectivity index (χ1n) is 3.65. The number of hydrogen-bond acceptors (Lipinski definition) is 2. The minimum Gasteiger partial charge on any atom is -0.347 e. The Labute approximate surface area is 84.4 Å². The number of halogens is 6. The summed E-state index contributed by atoms with van der Waals surface area (Å²) < 4.78 is 69.5. The fourth-order valence-corrected chi connectivity index (χ4v) is 2.36. The first kappa shape index (κ1) is 12.5. The third-order valence-corrected chi connectivity index (χ3v) is 3.61. The fraction of sp³-hybridized carbons (Fsp3) is 0.833. The van der Waals surface area contributed by atoms with Crippen LogP contribution in [0.4, 0.5) is 26.3 Å². The summed E-state index contributed by atoms with van der Waals surface area (Å²) in [4.78, 5) is 9.83. The SMILES string of the molecule is O=CNC1CC(C(F)(F)F)(C(F)(F)F)S1. The van der Waals surface area contributed by atoms with Gasteiger partial charge in [-0.2, -0.15) is 26.3 Å². The number of thioether (sulfide) groups is 1. The van der Waals surface area contributed by atoms with Crippen molar-refractivity contribution >= 4 is 18.2 Å². The molecule has 0 bridgehead atoms. The Balaban J connectivity index is 2.82. The zero-order chi connectivity index (χ0) is 11.9. The summed E-state index contributed by atoms with van der Waals surface area (Å²) >= 11 is -0.333. The molecule has 1 amide bonds. The van der Waals surface area contributed by atoms with E-state index < -0.39 is 28.9 Å². The van der Waals surface area contributed by atoms with Crippen molar-refractivity contribution in [3.8, 4) is 0 Å². The van der Waals surface area contributed by atoms with Gasteiger partial charge in [0.25, 0.3) is 0 Å². The Morgan fingerprint density at radius 3 is 1.87 bits per heavy atom. The molecule has 1 heterocycles. The molecule has 1 saturated heterocycles. The number of carbonyl (C=O) groups is 1. The van der Waals surface area contributed by atoms with Gasteiger partial charge in [0.2, 0.25) is 11.2 Å². The number of nitrogens with one attached hydrogen (secondary N) is 1. The van der Waals surface area contributed by atoms with Gasteiger partial charge in [-0.05, 0) is 0 Å². The third kappa shape index (κ3) is 1.88. The summed E-state index contributed by atoms with van der Waals surface area (Å²) in [6.45, 7) is 0. The predicted molar refractivity (Wildman–Crippen MR) is 40.0 cm³/mol. The van der Waals surface area contributed by atoms with Gasteiger partial charge in [0, 0.05) is 6.42 Å². The molecule has 88 valence electrons. The molecule has 0 aromatic carbocycles. The lowest BCUT2D eigenvalue weighted by Gasteiger charge is -2.47. The van der Waals surface area contributed by atoms with Crippen molar-refractivity contribution in [1.82, 2.24) is 5.32 Å². The molecule has 1 atom stereocenters. The van der Waals surface area contributed by atoms with Gasteiger partial charge >= 0.3 is 12.4 Å². The van der Waals surface area contributed by atoms with Gasteiger partial charge < -0.3 is 5.32 Å². The van der Waals surface area contributed by atoms with Crippen LogP contribution in [0.15, 0.2) is 0 Å². The lowest BCUT2D eigenvalue weighted by Crippen LogP contribution is -2.64. The van der Waals surface area contributed by atoms with E-state index >= 15 is 0 Å². The average molecular weight is 253 g/mol. The van der Waals surface area contributed by atoms with Crippen molar-refractivity contribution in [2.24, 2.45) is 0 Å². The minimum absolute atomic E-state index is 0.0777. The Kier molecular flexibility index (Phi) is 2.88. The van der Waals surface area contributed by atoms with Crippen LogP contribution in [-0.4, -0.2) is 28.9 Å². The molecule has 0 aliphatic carbocycles. The van der Waals surface area contributed by atoms with E-state index in [0.717, 1.165) is 0 Å². The van der Waals surface area contributed by atoms with Crippen molar-refractivity contribution in [2.45, 2.75) is 28.9 Å². The molecule has 0 saturated carbocycles. The van der Waals surface area contributed by atoms with Crippen LogP contribution in [0.25, 0.3) is 0 Å². The second kappa shape index (κ2) is 3.46.